The van der Waals surface area contributed by atoms with E-state index in [1.165, 1.54) is 44.6 Å². The van der Waals surface area contributed by atoms with Crippen LogP contribution in [0.2, 0.25) is 0 Å². The Morgan fingerprint density at radius 1 is 1.05 bits per heavy atom. The number of rotatable bonds is 6. The van der Waals surface area contributed by atoms with E-state index in [0.29, 0.717) is 12.1 Å². The van der Waals surface area contributed by atoms with E-state index >= 15 is 0 Å². The van der Waals surface area contributed by atoms with E-state index in [1.54, 1.807) is 6.08 Å². The Morgan fingerprint density at radius 3 is 2.09 bits per heavy atom. The van der Waals surface area contributed by atoms with Gasteiger partial charge in [0.2, 0.25) is 0 Å². The fourth-order valence-electron chi connectivity index (χ4n) is 5.06. The Labute approximate surface area is 132 Å². The smallest absolute Gasteiger partial charge is 0.159 e. The summed E-state index contributed by atoms with van der Waals surface area (Å²) in [5.41, 5.74) is 1.17. The molecule has 4 aliphatic rings. The van der Waals surface area contributed by atoms with Gasteiger partial charge in [-0.05, 0) is 67.9 Å². The summed E-state index contributed by atoms with van der Waals surface area (Å²) in [5, 5.41) is 31.2. The van der Waals surface area contributed by atoms with Crippen LogP contribution in [0.25, 0.3) is 0 Å². The van der Waals surface area contributed by atoms with Gasteiger partial charge in [0, 0.05) is 12.1 Å². The fourth-order valence-corrected chi connectivity index (χ4v) is 5.06. The molecule has 4 saturated carbocycles. The van der Waals surface area contributed by atoms with Crippen molar-refractivity contribution in [1.29, 1.82) is 0 Å². The predicted octanol–water partition coefficient (Wildman–Crippen LogP) is 2.98. The minimum atomic E-state index is -0.561. The Hall–Kier alpha value is -1.26. The molecule has 4 nitrogen and oxygen atoms in total. The van der Waals surface area contributed by atoms with Crippen LogP contribution in [0.15, 0.2) is 35.8 Å². The Morgan fingerprint density at radius 2 is 1.59 bits per heavy atom. The van der Waals surface area contributed by atoms with Crippen molar-refractivity contribution in [2.75, 3.05) is 13.2 Å². The van der Waals surface area contributed by atoms with Gasteiger partial charge in [0.1, 0.15) is 6.61 Å². The first kappa shape index (κ1) is 15.6. The van der Waals surface area contributed by atoms with Crippen LogP contribution >= 0.6 is 0 Å². The van der Waals surface area contributed by atoms with Crippen molar-refractivity contribution in [1.82, 2.24) is 5.32 Å². The molecule has 4 fully saturated rings. The highest BCUT2D eigenvalue weighted by atomic mass is 16.3. The van der Waals surface area contributed by atoms with Crippen molar-refractivity contribution >= 4 is 0 Å². The summed E-state index contributed by atoms with van der Waals surface area (Å²) in [4.78, 5) is 0. The average Bonchev–Trinajstić information content (AvgIpc) is 2.48. The summed E-state index contributed by atoms with van der Waals surface area (Å²) in [6.07, 6.45) is 11.3. The van der Waals surface area contributed by atoms with Gasteiger partial charge >= 0.3 is 0 Å². The second kappa shape index (κ2) is 6.09. The first-order valence-electron chi connectivity index (χ1n) is 8.32. The first-order valence-corrected chi connectivity index (χ1v) is 8.32. The third-order valence-electron chi connectivity index (χ3n) is 5.65. The van der Waals surface area contributed by atoms with E-state index in [4.69, 9.17) is 5.11 Å². The maximum absolute atomic E-state index is 9.49. The van der Waals surface area contributed by atoms with Crippen molar-refractivity contribution in [3.63, 3.8) is 0 Å². The SMILES string of the molecule is C=C(/C=C\C(O)=C(\O)CO)CNC12CC3CC(CC(C3)C1)C2. The van der Waals surface area contributed by atoms with Crippen molar-refractivity contribution in [3.05, 3.63) is 35.8 Å². The largest absolute Gasteiger partial charge is 0.506 e. The van der Waals surface area contributed by atoms with Gasteiger partial charge in [0.05, 0.1) is 0 Å². The van der Waals surface area contributed by atoms with Crippen LogP contribution in [0, 0.1) is 17.8 Å². The van der Waals surface area contributed by atoms with Gasteiger partial charge in [-0.25, -0.2) is 0 Å². The zero-order valence-electron chi connectivity index (χ0n) is 13.1. The molecule has 0 aromatic rings. The molecular weight excluding hydrogens is 278 g/mol. The predicted molar refractivity (Wildman–Crippen MR) is 86.6 cm³/mol. The minimum Gasteiger partial charge on any atom is -0.506 e. The highest BCUT2D eigenvalue weighted by Crippen LogP contribution is 2.55. The third kappa shape index (κ3) is 3.23. The maximum atomic E-state index is 9.49. The quantitative estimate of drug-likeness (QED) is 0.450. The molecule has 4 heteroatoms. The van der Waals surface area contributed by atoms with Crippen LogP contribution < -0.4 is 5.32 Å². The van der Waals surface area contributed by atoms with E-state index in [-0.39, 0.29) is 5.76 Å². The lowest BCUT2D eigenvalue weighted by molar-refractivity contribution is -0.0181. The summed E-state index contributed by atoms with van der Waals surface area (Å²) < 4.78 is 0. The molecule has 4 N–H and O–H groups in total. The van der Waals surface area contributed by atoms with Crippen molar-refractivity contribution in [3.8, 4) is 0 Å². The lowest BCUT2D eigenvalue weighted by atomic mass is 9.53. The Kier molecular flexibility index (Phi) is 4.33. The van der Waals surface area contributed by atoms with E-state index < -0.39 is 12.4 Å². The van der Waals surface area contributed by atoms with Gasteiger partial charge in [0.25, 0.3) is 0 Å². The van der Waals surface area contributed by atoms with Crippen LogP contribution in [0.4, 0.5) is 0 Å². The number of allylic oxidation sites excluding steroid dienone is 1. The Balaban J connectivity index is 1.54. The van der Waals surface area contributed by atoms with Gasteiger partial charge in [0.15, 0.2) is 11.5 Å². The molecule has 122 valence electrons. The molecular formula is C18H27NO3. The zero-order valence-corrected chi connectivity index (χ0v) is 13.1. The highest BCUT2D eigenvalue weighted by Gasteiger charge is 2.50. The molecule has 0 aromatic heterocycles. The molecule has 4 rings (SSSR count). The first-order chi connectivity index (χ1) is 10.5. The molecule has 0 radical (unpaired) electrons. The maximum Gasteiger partial charge on any atom is 0.159 e. The van der Waals surface area contributed by atoms with Crippen molar-refractivity contribution in [2.45, 2.75) is 44.1 Å². The third-order valence-corrected chi connectivity index (χ3v) is 5.65. The normalized spacial score (nSPS) is 37.6. The molecule has 0 aliphatic heterocycles. The number of nitrogens with one attached hydrogen (secondary N) is 1. The number of hydrogen-bond acceptors (Lipinski definition) is 4. The molecule has 0 heterocycles. The van der Waals surface area contributed by atoms with Crippen LogP contribution in [0.3, 0.4) is 0 Å². The number of aliphatic hydroxyl groups excluding tert-OH is 3. The summed E-state index contributed by atoms with van der Waals surface area (Å²) in [6, 6.07) is 0. The lowest BCUT2D eigenvalue weighted by Crippen LogP contribution is -2.58. The monoisotopic (exact) mass is 305 g/mol. The molecule has 0 amide bonds. The van der Waals surface area contributed by atoms with Gasteiger partial charge in [-0.3, -0.25) is 0 Å². The fraction of sp³-hybridized carbons (Fsp3) is 0.667. The minimum absolute atomic E-state index is 0.302. The van der Waals surface area contributed by atoms with Gasteiger partial charge in [-0.2, -0.15) is 0 Å². The van der Waals surface area contributed by atoms with Crippen LogP contribution in [-0.2, 0) is 0 Å². The number of hydrogen-bond donors (Lipinski definition) is 4. The second-order valence-electron chi connectivity index (χ2n) is 7.53. The molecule has 0 aromatic carbocycles. The van der Waals surface area contributed by atoms with E-state index in [1.807, 2.05) is 0 Å². The van der Waals surface area contributed by atoms with E-state index in [2.05, 4.69) is 11.9 Å². The molecule has 0 saturated heterocycles. The van der Waals surface area contributed by atoms with Crippen LogP contribution in [0.1, 0.15) is 38.5 Å². The molecule has 22 heavy (non-hydrogen) atoms. The highest BCUT2D eigenvalue weighted by molar-refractivity contribution is 5.25. The Bertz CT molecular complexity index is 471. The summed E-state index contributed by atoms with van der Waals surface area (Å²) in [5.74, 6) is 2.01. The zero-order chi connectivity index (χ0) is 15.7. The number of aliphatic hydroxyl groups is 3. The van der Waals surface area contributed by atoms with E-state index in [0.717, 1.165) is 23.3 Å². The lowest BCUT2D eigenvalue weighted by Gasteiger charge is -2.57. The van der Waals surface area contributed by atoms with Crippen molar-refractivity contribution in [2.24, 2.45) is 17.8 Å². The standard InChI is InChI=1S/C18H27NO3/c1-12(2-3-16(21)17(22)11-20)10-19-18-7-13-4-14(8-18)6-15(5-13)9-18/h2-3,13-15,19-22H,1,4-11H2/b3-2-,17-16-. The molecule has 0 unspecified atom stereocenters. The second-order valence-corrected chi connectivity index (χ2v) is 7.53. The van der Waals surface area contributed by atoms with E-state index in [9.17, 15) is 10.2 Å². The van der Waals surface area contributed by atoms with Gasteiger partial charge in [-0.1, -0.05) is 12.7 Å². The molecule has 4 aliphatic carbocycles. The summed E-state index contributed by atoms with van der Waals surface area (Å²) in [7, 11) is 0. The molecule has 4 bridgehead atoms. The molecule has 0 atom stereocenters. The van der Waals surface area contributed by atoms with Crippen molar-refractivity contribution < 1.29 is 15.3 Å². The van der Waals surface area contributed by atoms with Gasteiger partial charge in [-0.15, -0.1) is 0 Å². The van der Waals surface area contributed by atoms with Crippen LogP contribution in [-0.4, -0.2) is 34.0 Å². The topological polar surface area (TPSA) is 72.7 Å². The molecule has 0 spiro atoms. The summed E-state index contributed by atoms with van der Waals surface area (Å²) >= 11 is 0. The average molecular weight is 305 g/mol. The summed E-state index contributed by atoms with van der Waals surface area (Å²) in [6.45, 7) is 4.14. The van der Waals surface area contributed by atoms with Gasteiger partial charge < -0.3 is 20.6 Å². The van der Waals surface area contributed by atoms with Crippen LogP contribution in [0.5, 0.6) is 0 Å².